The van der Waals surface area contributed by atoms with Gasteiger partial charge in [0.25, 0.3) is 0 Å². The third-order valence-corrected chi connectivity index (χ3v) is 6.63. The van der Waals surface area contributed by atoms with Crippen LogP contribution in [0.4, 0.5) is 0 Å². The second kappa shape index (κ2) is 12.5. The molecule has 0 bridgehead atoms. The largest absolute Gasteiger partial charge is 0.504 e. The van der Waals surface area contributed by atoms with Crippen molar-refractivity contribution in [1.29, 1.82) is 0 Å². The lowest BCUT2D eigenvalue weighted by molar-refractivity contribution is -0.116. The van der Waals surface area contributed by atoms with E-state index in [4.69, 9.17) is 10.5 Å². The molecule has 1 aliphatic heterocycles. The van der Waals surface area contributed by atoms with Gasteiger partial charge in [0.1, 0.15) is 6.10 Å². The third-order valence-electron chi connectivity index (χ3n) is 6.63. The first-order valence-electron chi connectivity index (χ1n) is 12.5. The number of carbonyl (C=O) groups excluding carboxylic acids is 1. The van der Waals surface area contributed by atoms with Crippen LogP contribution in [0.25, 0.3) is 6.08 Å². The van der Waals surface area contributed by atoms with E-state index in [1.807, 2.05) is 36.4 Å². The number of ether oxygens (including phenoxy) is 1. The van der Waals surface area contributed by atoms with E-state index in [2.05, 4.69) is 29.2 Å². The Bertz CT molecular complexity index is 1100. The van der Waals surface area contributed by atoms with E-state index in [1.165, 1.54) is 18.2 Å². The number of nitrogens with zero attached hydrogens (tertiary/aromatic N) is 1. The Balaban J connectivity index is 1.25. The lowest BCUT2D eigenvalue weighted by Gasteiger charge is -2.34. The number of phenolic OH excluding ortho intramolecular Hbond substituents is 2. The molecule has 1 aliphatic rings. The maximum atomic E-state index is 12.4. The zero-order valence-corrected chi connectivity index (χ0v) is 20.4. The van der Waals surface area contributed by atoms with Gasteiger partial charge in [-0.25, -0.2) is 0 Å². The number of rotatable bonds is 10. The predicted octanol–water partition coefficient (Wildman–Crippen LogP) is 4.67. The molecule has 1 fully saturated rings. The molecule has 6 nitrogen and oxygen atoms in total. The minimum atomic E-state index is -0.582. The fourth-order valence-corrected chi connectivity index (χ4v) is 4.48. The third kappa shape index (κ3) is 7.04. The van der Waals surface area contributed by atoms with Crippen LogP contribution in [0, 0.1) is 0 Å². The Hall–Kier alpha value is -3.45. The molecular formula is C30H34N2O4. The highest BCUT2D eigenvalue weighted by Gasteiger charge is 2.25. The molecule has 3 aromatic carbocycles. The van der Waals surface area contributed by atoms with Crippen LogP contribution >= 0.6 is 0 Å². The summed E-state index contributed by atoms with van der Waals surface area (Å²) in [4.78, 5) is 14.8. The summed E-state index contributed by atoms with van der Waals surface area (Å²) >= 11 is 0. The molecule has 0 amide bonds. The van der Waals surface area contributed by atoms with E-state index in [0.29, 0.717) is 12.0 Å². The Labute approximate surface area is 212 Å². The number of aromatic hydroxyl groups is 2. The molecule has 4 rings (SSSR count). The molecular weight excluding hydrogens is 452 g/mol. The normalized spacial score (nSPS) is 15.9. The second-order valence-electron chi connectivity index (χ2n) is 9.26. The van der Waals surface area contributed by atoms with Gasteiger partial charge in [-0.05, 0) is 54.2 Å². The monoisotopic (exact) mass is 486 g/mol. The number of piperidine rings is 1. The number of likely N-dealkylation sites (tertiary alicyclic amines) is 1. The van der Waals surface area contributed by atoms with Gasteiger partial charge in [-0.3, -0.25) is 4.79 Å². The SMILES string of the molecule is NC(CCN1CCC(OC(c2ccccc2)c2ccccc2)CC1)C(=O)C=Cc1ccc(O)c(O)c1. The van der Waals surface area contributed by atoms with Crippen LogP contribution in [0.5, 0.6) is 11.5 Å². The zero-order valence-electron chi connectivity index (χ0n) is 20.4. The minimum absolute atomic E-state index is 0.0859. The Morgan fingerprint density at radius 3 is 2.14 bits per heavy atom. The first-order valence-corrected chi connectivity index (χ1v) is 12.5. The van der Waals surface area contributed by atoms with Gasteiger partial charge in [0.05, 0.1) is 12.1 Å². The summed E-state index contributed by atoms with van der Waals surface area (Å²) in [6.07, 6.45) is 5.56. The van der Waals surface area contributed by atoms with Crippen molar-refractivity contribution in [3.63, 3.8) is 0 Å². The lowest BCUT2D eigenvalue weighted by atomic mass is 10.00. The van der Waals surface area contributed by atoms with E-state index in [-0.39, 0.29) is 29.5 Å². The topological polar surface area (TPSA) is 96.0 Å². The van der Waals surface area contributed by atoms with Crippen molar-refractivity contribution in [2.24, 2.45) is 5.73 Å². The van der Waals surface area contributed by atoms with Gasteiger partial charge in [0.15, 0.2) is 17.3 Å². The van der Waals surface area contributed by atoms with Gasteiger partial charge in [0, 0.05) is 19.6 Å². The zero-order chi connectivity index (χ0) is 25.3. The molecule has 0 radical (unpaired) electrons. The van der Waals surface area contributed by atoms with E-state index in [9.17, 15) is 15.0 Å². The van der Waals surface area contributed by atoms with Gasteiger partial charge in [-0.15, -0.1) is 0 Å². The summed E-state index contributed by atoms with van der Waals surface area (Å²) < 4.78 is 6.62. The minimum Gasteiger partial charge on any atom is -0.504 e. The fraction of sp³-hybridized carbons (Fsp3) is 0.300. The summed E-state index contributed by atoms with van der Waals surface area (Å²) in [5, 5.41) is 19.0. The standard InChI is InChI=1S/C30H34N2O4/c31-26(27(33)13-11-22-12-14-28(34)29(35)21-22)17-20-32-18-15-25(16-19-32)36-30(23-7-3-1-4-8-23)24-9-5-2-6-10-24/h1-14,21,25-26,30,34-35H,15-20,31H2. The number of benzene rings is 3. The smallest absolute Gasteiger partial charge is 0.172 e. The molecule has 36 heavy (non-hydrogen) atoms. The molecule has 188 valence electrons. The maximum absolute atomic E-state index is 12.4. The average molecular weight is 487 g/mol. The second-order valence-corrected chi connectivity index (χ2v) is 9.26. The quantitative estimate of drug-likeness (QED) is 0.285. The first-order chi connectivity index (χ1) is 17.5. The Morgan fingerprint density at radius 2 is 1.56 bits per heavy atom. The Kier molecular flexibility index (Phi) is 8.90. The van der Waals surface area contributed by atoms with Crippen LogP contribution < -0.4 is 5.73 Å². The molecule has 0 aliphatic carbocycles. The summed E-state index contributed by atoms with van der Waals surface area (Å²) in [5.41, 5.74) is 9.07. The molecule has 0 saturated carbocycles. The summed E-state index contributed by atoms with van der Waals surface area (Å²) in [7, 11) is 0. The molecule has 1 heterocycles. The van der Waals surface area contributed by atoms with Crippen LogP contribution in [-0.2, 0) is 9.53 Å². The van der Waals surface area contributed by atoms with E-state index < -0.39 is 6.04 Å². The predicted molar refractivity (Wildman–Crippen MR) is 142 cm³/mol. The van der Waals surface area contributed by atoms with E-state index in [0.717, 1.165) is 43.6 Å². The van der Waals surface area contributed by atoms with Crippen LogP contribution in [0.2, 0.25) is 0 Å². The van der Waals surface area contributed by atoms with Gasteiger partial charge >= 0.3 is 0 Å². The highest BCUT2D eigenvalue weighted by Crippen LogP contribution is 2.30. The highest BCUT2D eigenvalue weighted by atomic mass is 16.5. The fourth-order valence-electron chi connectivity index (χ4n) is 4.48. The van der Waals surface area contributed by atoms with Gasteiger partial charge in [-0.2, -0.15) is 0 Å². The number of nitrogens with two attached hydrogens (primary N) is 1. The molecule has 1 saturated heterocycles. The molecule has 1 unspecified atom stereocenters. The van der Waals surface area contributed by atoms with Crippen molar-refractivity contribution in [3.8, 4) is 11.5 Å². The van der Waals surface area contributed by atoms with Gasteiger partial charge in [0.2, 0.25) is 0 Å². The van der Waals surface area contributed by atoms with Crippen molar-refractivity contribution in [3.05, 3.63) is 102 Å². The molecule has 3 aromatic rings. The average Bonchev–Trinajstić information content (AvgIpc) is 2.92. The molecule has 4 N–H and O–H groups in total. The first kappa shape index (κ1) is 25.6. The number of carbonyl (C=O) groups is 1. The maximum Gasteiger partial charge on any atom is 0.172 e. The van der Waals surface area contributed by atoms with Crippen molar-refractivity contribution >= 4 is 11.9 Å². The molecule has 1 atom stereocenters. The molecule has 0 aromatic heterocycles. The van der Waals surface area contributed by atoms with Gasteiger partial charge < -0.3 is 25.6 Å². The van der Waals surface area contributed by atoms with Crippen molar-refractivity contribution in [1.82, 2.24) is 4.90 Å². The number of phenols is 2. The summed E-state index contributed by atoms with van der Waals surface area (Å²) in [6.45, 7) is 2.57. The summed E-state index contributed by atoms with van der Waals surface area (Å²) in [5.74, 6) is -0.575. The Morgan fingerprint density at radius 1 is 0.944 bits per heavy atom. The highest BCUT2D eigenvalue weighted by molar-refractivity contribution is 5.97. The lowest BCUT2D eigenvalue weighted by Crippen LogP contribution is -2.41. The van der Waals surface area contributed by atoms with E-state index in [1.54, 1.807) is 12.1 Å². The van der Waals surface area contributed by atoms with Crippen molar-refractivity contribution in [2.75, 3.05) is 19.6 Å². The number of hydrogen-bond donors (Lipinski definition) is 3. The van der Waals surface area contributed by atoms with Crippen LogP contribution in [0.3, 0.4) is 0 Å². The van der Waals surface area contributed by atoms with Crippen molar-refractivity contribution in [2.45, 2.75) is 37.5 Å². The summed E-state index contributed by atoms with van der Waals surface area (Å²) in [6, 6.07) is 24.5. The van der Waals surface area contributed by atoms with Crippen LogP contribution in [0.1, 0.15) is 42.1 Å². The molecule has 0 spiro atoms. The van der Waals surface area contributed by atoms with Crippen molar-refractivity contribution < 1.29 is 19.7 Å². The van der Waals surface area contributed by atoms with E-state index >= 15 is 0 Å². The number of ketones is 1. The van der Waals surface area contributed by atoms with Crippen LogP contribution in [-0.4, -0.2) is 52.7 Å². The number of hydrogen-bond acceptors (Lipinski definition) is 6. The van der Waals surface area contributed by atoms with Gasteiger partial charge in [-0.1, -0.05) is 72.8 Å². The van der Waals surface area contributed by atoms with Crippen LogP contribution in [0.15, 0.2) is 84.9 Å². The molecule has 6 heteroatoms.